The van der Waals surface area contributed by atoms with Crippen LogP contribution in [0, 0.1) is 5.92 Å². The molecule has 1 saturated carbocycles. The van der Waals surface area contributed by atoms with Crippen molar-refractivity contribution in [3.63, 3.8) is 0 Å². The van der Waals surface area contributed by atoms with Crippen LogP contribution in [0.2, 0.25) is 0 Å². The fourth-order valence-corrected chi connectivity index (χ4v) is 1.76. The first kappa shape index (κ1) is 16.5. The van der Waals surface area contributed by atoms with E-state index in [1.54, 1.807) is 24.3 Å². The second-order valence-corrected chi connectivity index (χ2v) is 4.69. The van der Waals surface area contributed by atoms with Crippen LogP contribution in [0.3, 0.4) is 0 Å². The molecule has 1 aromatic rings. The van der Waals surface area contributed by atoms with Gasteiger partial charge in [-0.1, -0.05) is 6.07 Å². The zero-order valence-corrected chi connectivity index (χ0v) is 12.2. The number of hydrogen-bond acceptors (Lipinski definition) is 4. The van der Waals surface area contributed by atoms with Gasteiger partial charge in [0.25, 0.3) is 0 Å². The molecule has 0 heterocycles. The summed E-state index contributed by atoms with van der Waals surface area (Å²) in [5.74, 6) is 0.223. The lowest BCUT2D eigenvalue weighted by atomic mass is 10.2. The largest absolute Gasteiger partial charge is 0.465 e. The van der Waals surface area contributed by atoms with Crippen molar-refractivity contribution in [1.29, 1.82) is 0 Å². The highest BCUT2D eigenvalue weighted by atomic mass is 35.5. The molecule has 20 heavy (non-hydrogen) atoms. The van der Waals surface area contributed by atoms with Gasteiger partial charge in [-0.25, -0.2) is 4.79 Å². The number of hydrogen-bond donors (Lipinski definition) is 2. The molecule has 5 nitrogen and oxygen atoms in total. The lowest BCUT2D eigenvalue weighted by Crippen LogP contribution is -2.29. The Labute approximate surface area is 124 Å². The highest BCUT2D eigenvalue weighted by Gasteiger charge is 2.20. The van der Waals surface area contributed by atoms with Gasteiger partial charge in [0.05, 0.1) is 19.2 Å². The molecule has 1 amide bonds. The highest BCUT2D eigenvalue weighted by molar-refractivity contribution is 5.95. The maximum absolute atomic E-state index is 11.7. The van der Waals surface area contributed by atoms with Crippen molar-refractivity contribution in [2.45, 2.75) is 12.8 Å². The van der Waals surface area contributed by atoms with Gasteiger partial charge in [-0.2, -0.15) is 0 Å². The van der Waals surface area contributed by atoms with E-state index in [0.29, 0.717) is 17.8 Å². The summed E-state index contributed by atoms with van der Waals surface area (Å²) in [4.78, 5) is 23.0. The number of halogens is 1. The number of carbonyl (C=O) groups excluding carboxylic acids is 2. The molecule has 1 aliphatic carbocycles. The number of carbonyl (C=O) groups is 2. The summed E-state index contributed by atoms with van der Waals surface area (Å²) in [5.41, 5.74) is 1.02. The third-order valence-corrected chi connectivity index (χ3v) is 2.98. The van der Waals surface area contributed by atoms with E-state index in [9.17, 15) is 9.59 Å². The quantitative estimate of drug-likeness (QED) is 0.786. The fourth-order valence-electron chi connectivity index (χ4n) is 1.76. The van der Waals surface area contributed by atoms with Crippen molar-refractivity contribution in [3.05, 3.63) is 29.8 Å². The molecular weight excluding hydrogens is 280 g/mol. The summed E-state index contributed by atoms with van der Waals surface area (Å²) in [6.07, 6.45) is 2.52. The van der Waals surface area contributed by atoms with Gasteiger partial charge < -0.3 is 15.4 Å². The average Bonchev–Trinajstić information content (AvgIpc) is 3.22. The maximum Gasteiger partial charge on any atom is 0.337 e. The average molecular weight is 299 g/mol. The second-order valence-electron chi connectivity index (χ2n) is 4.69. The van der Waals surface area contributed by atoms with Crippen molar-refractivity contribution < 1.29 is 14.3 Å². The van der Waals surface area contributed by atoms with Crippen LogP contribution in [0.5, 0.6) is 0 Å². The van der Waals surface area contributed by atoms with Crippen LogP contribution in [-0.2, 0) is 9.53 Å². The molecule has 0 unspecified atom stereocenters. The molecule has 0 atom stereocenters. The van der Waals surface area contributed by atoms with Crippen LogP contribution in [0.25, 0.3) is 0 Å². The van der Waals surface area contributed by atoms with Crippen molar-refractivity contribution in [3.8, 4) is 0 Å². The molecule has 0 saturated heterocycles. The molecule has 0 bridgehead atoms. The van der Waals surface area contributed by atoms with Gasteiger partial charge in [-0.3, -0.25) is 4.79 Å². The molecule has 0 aliphatic heterocycles. The minimum Gasteiger partial charge on any atom is -0.465 e. The van der Waals surface area contributed by atoms with Crippen molar-refractivity contribution in [1.82, 2.24) is 5.32 Å². The number of amides is 1. The summed E-state index contributed by atoms with van der Waals surface area (Å²) in [6.45, 7) is 1.19. The van der Waals surface area contributed by atoms with E-state index in [1.807, 2.05) is 0 Å². The first-order valence-corrected chi connectivity index (χ1v) is 6.38. The molecule has 1 aromatic carbocycles. The smallest absolute Gasteiger partial charge is 0.337 e. The number of anilines is 1. The lowest BCUT2D eigenvalue weighted by molar-refractivity contribution is -0.115. The molecule has 0 aromatic heterocycles. The molecule has 1 fully saturated rings. The Bertz CT molecular complexity index is 475. The Morgan fingerprint density at radius 1 is 1.35 bits per heavy atom. The fraction of sp³-hybridized carbons (Fsp3) is 0.429. The Balaban J connectivity index is 0.00000200. The van der Waals surface area contributed by atoms with Gasteiger partial charge >= 0.3 is 5.97 Å². The van der Waals surface area contributed by atoms with E-state index < -0.39 is 5.97 Å². The first-order valence-electron chi connectivity index (χ1n) is 6.38. The molecule has 110 valence electrons. The van der Waals surface area contributed by atoms with E-state index in [0.717, 1.165) is 12.5 Å². The van der Waals surface area contributed by atoms with Crippen LogP contribution in [0.1, 0.15) is 23.2 Å². The van der Waals surface area contributed by atoms with E-state index >= 15 is 0 Å². The van der Waals surface area contributed by atoms with Crippen molar-refractivity contribution >= 4 is 30.0 Å². The molecule has 1 aliphatic rings. The zero-order chi connectivity index (χ0) is 13.7. The SMILES string of the molecule is COC(=O)c1cccc(NC(=O)CNCC2CC2)c1.Cl. The van der Waals surface area contributed by atoms with Crippen LogP contribution < -0.4 is 10.6 Å². The molecular formula is C14H19ClN2O3. The highest BCUT2D eigenvalue weighted by Crippen LogP contribution is 2.27. The first-order chi connectivity index (χ1) is 9.19. The van der Waals surface area contributed by atoms with Crippen LogP contribution in [0.4, 0.5) is 5.69 Å². The predicted molar refractivity (Wildman–Crippen MR) is 79.3 cm³/mol. The lowest BCUT2D eigenvalue weighted by Gasteiger charge is -2.07. The van der Waals surface area contributed by atoms with E-state index in [2.05, 4.69) is 15.4 Å². The standard InChI is InChI=1S/C14H18N2O3.ClH/c1-19-14(18)11-3-2-4-12(7-11)16-13(17)9-15-8-10-5-6-10;/h2-4,7,10,15H,5-6,8-9H2,1H3,(H,16,17);1H. The van der Waals surface area contributed by atoms with Gasteiger partial charge in [-0.15, -0.1) is 12.4 Å². The summed E-state index contributed by atoms with van der Waals surface area (Å²) in [6, 6.07) is 6.70. The summed E-state index contributed by atoms with van der Waals surface area (Å²) in [5, 5.41) is 5.86. The summed E-state index contributed by atoms with van der Waals surface area (Å²) < 4.78 is 4.63. The minimum atomic E-state index is -0.414. The number of nitrogens with one attached hydrogen (secondary N) is 2. The zero-order valence-electron chi connectivity index (χ0n) is 11.3. The summed E-state index contributed by atoms with van der Waals surface area (Å²) in [7, 11) is 1.33. The van der Waals surface area contributed by atoms with Crippen LogP contribution >= 0.6 is 12.4 Å². The Kier molecular flexibility index (Phi) is 6.48. The van der Waals surface area contributed by atoms with E-state index in [1.165, 1.54) is 20.0 Å². The van der Waals surface area contributed by atoms with Crippen LogP contribution in [0.15, 0.2) is 24.3 Å². The third-order valence-electron chi connectivity index (χ3n) is 2.98. The van der Waals surface area contributed by atoms with Crippen molar-refractivity contribution in [2.75, 3.05) is 25.5 Å². The number of esters is 1. The van der Waals surface area contributed by atoms with Gasteiger partial charge in [0.2, 0.25) is 5.91 Å². The number of ether oxygens (including phenoxy) is 1. The van der Waals surface area contributed by atoms with Crippen LogP contribution in [-0.4, -0.2) is 32.1 Å². The number of benzene rings is 1. The van der Waals surface area contributed by atoms with Gasteiger partial charge in [0.1, 0.15) is 0 Å². The van der Waals surface area contributed by atoms with Gasteiger partial charge in [0, 0.05) is 5.69 Å². The predicted octanol–water partition coefficient (Wildman–Crippen LogP) is 1.83. The Morgan fingerprint density at radius 2 is 2.10 bits per heavy atom. The molecule has 0 spiro atoms. The monoisotopic (exact) mass is 298 g/mol. The molecule has 2 N–H and O–H groups in total. The normalized spacial score (nSPS) is 13.2. The summed E-state index contributed by atoms with van der Waals surface area (Å²) >= 11 is 0. The second kappa shape index (κ2) is 7.87. The maximum atomic E-state index is 11.7. The third kappa shape index (κ3) is 5.19. The Morgan fingerprint density at radius 3 is 2.75 bits per heavy atom. The van der Waals surface area contributed by atoms with E-state index in [-0.39, 0.29) is 18.3 Å². The molecule has 0 radical (unpaired) electrons. The van der Waals surface area contributed by atoms with Gasteiger partial charge in [0.15, 0.2) is 0 Å². The van der Waals surface area contributed by atoms with Crippen molar-refractivity contribution in [2.24, 2.45) is 5.92 Å². The topological polar surface area (TPSA) is 67.4 Å². The number of rotatable bonds is 6. The molecule has 6 heteroatoms. The Hall–Kier alpha value is -1.59. The van der Waals surface area contributed by atoms with Gasteiger partial charge in [-0.05, 0) is 43.5 Å². The van der Waals surface area contributed by atoms with E-state index in [4.69, 9.17) is 0 Å². The minimum absolute atomic E-state index is 0. The molecule has 2 rings (SSSR count). The number of methoxy groups -OCH3 is 1.